The quantitative estimate of drug-likeness (QED) is 0.682. The first-order chi connectivity index (χ1) is 7.25. The SMILES string of the molecule is Cl.Clc1ncc(CO[C@H]2CCNC2)c(Cl)n1. The van der Waals surface area contributed by atoms with E-state index in [1.165, 1.54) is 0 Å². The van der Waals surface area contributed by atoms with Gasteiger partial charge >= 0.3 is 0 Å². The van der Waals surface area contributed by atoms with Gasteiger partial charge in [0, 0.05) is 18.3 Å². The highest BCUT2D eigenvalue weighted by molar-refractivity contribution is 6.32. The minimum Gasteiger partial charge on any atom is -0.372 e. The third-order valence-electron chi connectivity index (χ3n) is 2.27. The number of hydrogen-bond donors (Lipinski definition) is 1. The van der Waals surface area contributed by atoms with Crippen molar-refractivity contribution in [1.29, 1.82) is 0 Å². The summed E-state index contributed by atoms with van der Waals surface area (Å²) < 4.78 is 5.64. The second kappa shape index (κ2) is 6.57. The highest BCUT2D eigenvalue weighted by Crippen LogP contribution is 2.16. The molecule has 0 spiro atoms. The Morgan fingerprint density at radius 3 is 2.94 bits per heavy atom. The minimum atomic E-state index is 0. The summed E-state index contributed by atoms with van der Waals surface area (Å²) in [4.78, 5) is 7.70. The van der Waals surface area contributed by atoms with E-state index in [0.29, 0.717) is 11.8 Å². The van der Waals surface area contributed by atoms with Crippen LogP contribution >= 0.6 is 35.6 Å². The van der Waals surface area contributed by atoms with Crippen molar-refractivity contribution in [3.05, 3.63) is 22.2 Å². The fraction of sp³-hybridized carbons (Fsp3) is 0.556. The van der Waals surface area contributed by atoms with Crippen LogP contribution in [0.25, 0.3) is 0 Å². The van der Waals surface area contributed by atoms with Crippen molar-refractivity contribution in [2.24, 2.45) is 0 Å². The third kappa shape index (κ3) is 3.71. The van der Waals surface area contributed by atoms with Crippen molar-refractivity contribution < 1.29 is 4.74 Å². The van der Waals surface area contributed by atoms with Crippen LogP contribution in [0.1, 0.15) is 12.0 Å². The van der Waals surface area contributed by atoms with E-state index in [-0.39, 0.29) is 23.8 Å². The summed E-state index contributed by atoms with van der Waals surface area (Å²) in [5.74, 6) is 0. The van der Waals surface area contributed by atoms with Gasteiger partial charge in [0.2, 0.25) is 5.28 Å². The second-order valence-electron chi connectivity index (χ2n) is 3.38. The number of halogens is 3. The van der Waals surface area contributed by atoms with Gasteiger partial charge in [0.25, 0.3) is 0 Å². The predicted molar refractivity (Wildman–Crippen MR) is 65.4 cm³/mol. The summed E-state index contributed by atoms with van der Waals surface area (Å²) in [6.07, 6.45) is 2.89. The van der Waals surface area contributed by atoms with Gasteiger partial charge in [0.05, 0.1) is 12.7 Å². The Morgan fingerprint density at radius 2 is 2.31 bits per heavy atom. The molecule has 1 saturated heterocycles. The zero-order valence-electron chi connectivity index (χ0n) is 8.45. The molecule has 16 heavy (non-hydrogen) atoms. The number of ether oxygens (including phenoxy) is 1. The molecule has 1 aliphatic heterocycles. The summed E-state index contributed by atoms with van der Waals surface area (Å²) in [6, 6.07) is 0. The zero-order chi connectivity index (χ0) is 10.7. The van der Waals surface area contributed by atoms with Crippen molar-refractivity contribution in [3.63, 3.8) is 0 Å². The molecule has 1 aromatic rings. The third-order valence-corrected chi connectivity index (χ3v) is 2.78. The van der Waals surface area contributed by atoms with E-state index >= 15 is 0 Å². The van der Waals surface area contributed by atoms with Gasteiger partial charge in [-0.05, 0) is 24.6 Å². The Hall–Kier alpha value is -0.130. The first-order valence-corrected chi connectivity index (χ1v) is 5.50. The molecule has 0 unspecified atom stereocenters. The fourth-order valence-corrected chi connectivity index (χ4v) is 1.80. The lowest BCUT2D eigenvalue weighted by Gasteiger charge is -2.10. The average Bonchev–Trinajstić information content (AvgIpc) is 2.69. The van der Waals surface area contributed by atoms with Crippen LogP contribution in [0.5, 0.6) is 0 Å². The van der Waals surface area contributed by atoms with E-state index in [1.807, 2.05) is 0 Å². The molecule has 1 N–H and O–H groups in total. The number of nitrogens with one attached hydrogen (secondary N) is 1. The largest absolute Gasteiger partial charge is 0.372 e. The molecule has 0 radical (unpaired) electrons. The van der Waals surface area contributed by atoms with Crippen LogP contribution in [-0.2, 0) is 11.3 Å². The van der Waals surface area contributed by atoms with E-state index < -0.39 is 0 Å². The topological polar surface area (TPSA) is 47.0 Å². The van der Waals surface area contributed by atoms with Gasteiger partial charge in [-0.2, -0.15) is 0 Å². The maximum Gasteiger partial charge on any atom is 0.223 e. The molecular weight excluding hydrogens is 272 g/mol. The molecule has 0 aromatic carbocycles. The van der Waals surface area contributed by atoms with Crippen molar-refractivity contribution >= 4 is 35.6 Å². The molecule has 2 rings (SSSR count). The Labute approximate surface area is 110 Å². The molecule has 0 amide bonds. The number of hydrogen-bond acceptors (Lipinski definition) is 4. The van der Waals surface area contributed by atoms with E-state index in [0.717, 1.165) is 25.1 Å². The Morgan fingerprint density at radius 1 is 1.50 bits per heavy atom. The first kappa shape index (κ1) is 13.9. The van der Waals surface area contributed by atoms with Crippen LogP contribution in [0.3, 0.4) is 0 Å². The summed E-state index contributed by atoms with van der Waals surface area (Å²) in [5.41, 5.74) is 0.771. The second-order valence-corrected chi connectivity index (χ2v) is 4.08. The van der Waals surface area contributed by atoms with Crippen LogP contribution in [0, 0.1) is 0 Å². The molecule has 1 fully saturated rings. The minimum absolute atomic E-state index is 0. The van der Waals surface area contributed by atoms with Crippen molar-refractivity contribution in [2.75, 3.05) is 13.1 Å². The summed E-state index contributed by atoms with van der Waals surface area (Å²) >= 11 is 11.5. The van der Waals surface area contributed by atoms with Gasteiger partial charge in [-0.3, -0.25) is 0 Å². The fourth-order valence-electron chi connectivity index (χ4n) is 1.44. The van der Waals surface area contributed by atoms with Gasteiger partial charge in [-0.25, -0.2) is 9.97 Å². The lowest BCUT2D eigenvalue weighted by atomic mass is 10.3. The molecule has 4 nitrogen and oxygen atoms in total. The smallest absolute Gasteiger partial charge is 0.223 e. The van der Waals surface area contributed by atoms with Gasteiger partial charge in [0.1, 0.15) is 5.15 Å². The molecule has 0 bridgehead atoms. The van der Waals surface area contributed by atoms with Gasteiger partial charge in [0.15, 0.2) is 0 Å². The summed E-state index contributed by atoms with van der Waals surface area (Å²) in [7, 11) is 0. The van der Waals surface area contributed by atoms with Gasteiger partial charge in [-0.15, -0.1) is 12.4 Å². The molecule has 1 aliphatic rings. The van der Waals surface area contributed by atoms with Crippen molar-refractivity contribution in [3.8, 4) is 0 Å². The highest BCUT2D eigenvalue weighted by Gasteiger charge is 2.15. The highest BCUT2D eigenvalue weighted by atomic mass is 35.5. The molecule has 0 saturated carbocycles. The van der Waals surface area contributed by atoms with Crippen molar-refractivity contribution in [1.82, 2.24) is 15.3 Å². The molecule has 90 valence electrons. The molecule has 1 aromatic heterocycles. The van der Waals surface area contributed by atoms with E-state index in [1.54, 1.807) is 6.20 Å². The zero-order valence-corrected chi connectivity index (χ0v) is 10.8. The lowest BCUT2D eigenvalue weighted by Crippen LogP contribution is -2.16. The molecular formula is C9H12Cl3N3O. The van der Waals surface area contributed by atoms with Crippen LogP contribution in [0.2, 0.25) is 10.4 Å². The Balaban J connectivity index is 0.00000128. The molecule has 1 atom stereocenters. The monoisotopic (exact) mass is 283 g/mol. The van der Waals surface area contributed by atoms with Crippen LogP contribution in [0.15, 0.2) is 6.20 Å². The lowest BCUT2D eigenvalue weighted by molar-refractivity contribution is 0.0539. The number of aromatic nitrogens is 2. The van der Waals surface area contributed by atoms with Gasteiger partial charge in [-0.1, -0.05) is 11.6 Å². The van der Waals surface area contributed by atoms with Crippen LogP contribution in [0.4, 0.5) is 0 Å². The Kier molecular flexibility index (Phi) is 5.72. The summed E-state index contributed by atoms with van der Waals surface area (Å²) in [5, 5.41) is 3.74. The number of nitrogens with zero attached hydrogens (tertiary/aromatic N) is 2. The van der Waals surface area contributed by atoms with Gasteiger partial charge < -0.3 is 10.1 Å². The number of rotatable bonds is 3. The van der Waals surface area contributed by atoms with E-state index in [9.17, 15) is 0 Å². The van der Waals surface area contributed by atoms with Crippen LogP contribution in [-0.4, -0.2) is 29.2 Å². The maximum absolute atomic E-state index is 5.88. The first-order valence-electron chi connectivity index (χ1n) is 4.75. The molecule has 2 heterocycles. The normalized spacial score (nSPS) is 19.5. The summed E-state index contributed by atoms with van der Waals surface area (Å²) in [6.45, 7) is 2.34. The van der Waals surface area contributed by atoms with Crippen molar-refractivity contribution in [2.45, 2.75) is 19.1 Å². The predicted octanol–water partition coefficient (Wildman–Crippen LogP) is 2.08. The van der Waals surface area contributed by atoms with E-state index in [4.69, 9.17) is 27.9 Å². The average molecular weight is 285 g/mol. The Bertz CT molecular complexity index is 345. The van der Waals surface area contributed by atoms with Crippen LogP contribution < -0.4 is 5.32 Å². The molecule has 7 heteroatoms. The van der Waals surface area contributed by atoms with E-state index in [2.05, 4.69) is 15.3 Å². The standard InChI is InChI=1S/C9H11Cl2N3O.ClH/c10-8-6(3-13-9(11)14-8)5-15-7-1-2-12-4-7;/h3,7,12H,1-2,4-5H2;1H/t7-;/m0./s1. The maximum atomic E-state index is 5.88. The molecule has 0 aliphatic carbocycles.